The number of aliphatic hydroxyl groups excluding tert-OH is 1. The lowest BCUT2D eigenvalue weighted by Gasteiger charge is -2.14. The SMILES string of the molecule is C=C(O)CNC(=O)N(C)c1ncncn1. The molecule has 0 saturated heterocycles. The maximum absolute atomic E-state index is 11.4. The van der Waals surface area contributed by atoms with E-state index in [1.54, 1.807) is 0 Å². The van der Waals surface area contributed by atoms with E-state index in [0.29, 0.717) is 0 Å². The zero-order valence-corrected chi connectivity index (χ0v) is 8.21. The van der Waals surface area contributed by atoms with E-state index in [2.05, 4.69) is 26.8 Å². The quantitative estimate of drug-likeness (QED) is 0.688. The Hall–Kier alpha value is -2.18. The van der Waals surface area contributed by atoms with Crippen molar-refractivity contribution in [2.75, 3.05) is 18.5 Å². The van der Waals surface area contributed by atoms with Gasteiger partial charge in [-0.2, -0.15) is 0 Å². The van der Waals surface area contributed by atoms with E-state index < -0.39 is 6.03 Å². The Morgan fingerprint density at radius 1 is 1.60 bits per heavy atom. The van der Waals surface area contributed by atoms with Crippen molar-refractivity contribution in [2.24, 2.45) is 0 Å². The predicted molar refractivity (Wildman–Crippen MR) is 53.4 cm³/mol. The number of carbonyl (C=O) groups excluding carboxylic acids is 1. The van der Waals surface area contributed by atoms with E-state index in [0.717, 1.165) is 0 Å². The van der Waals surface area contributed by atoms with Crippen molar-refractivity contribution in [1.82, 2.24) is 20.3 Å². The minimum Gasteiger partial charge on any atom is -0.511 e. The number of aromatic nitrogens is 3. The first kappa shape index (κ1) is 10.9. The van der Waals surface area contributed by atoms with Gasteiger partial charge in [0.15, 0.2) is 0 Å². The molecule has 0 aliphatic carbocycles. The fraction of sp³-hybridized carbons (Fsp3) is 0.250. The van der Waals surface area contributed by atoms with Gasteiger partial charge in [-0.3, -0.25) is 4.90 Å². The summed E-state index contributed by atoms with van der Waals surface area (Å²) in [5.41, 5.74) is 0. The fourth-order valence-corrected chi connectivity index (χ4v) is 0.793. The zero-order chi connectivity index (χ0) is 11.3. The number of nitrogens with one attached hydrogen (secondary N) is 1. The molecule has 0 bridgehead atoms. The average Bonchev–Trinajstić information content (AvgIpc) is 2.26. The van der Waals surface area contributed by atoms with Crippen molar-refractivity contribution >= 4 is 12.0 Å². The highest BCUT2D eigenvalue weighted by Gasteiger charge is 2.12. The predicted octanol–water partition coefficient (Wildman–Crippen LogP) is 0.0891. The number of hydrogen-bond acceptors (Lipinski definition) is 5. The number of rotatable bonds is 3. The van der Waals surface area contributed by atoms with Crippen LogP contribution in [0.4, 0.5) is 10.7 Å². The van der Waals surface area contributed by atoms with Crippen LogP contribution in [0.2, 0.25) is 0 Å². The Balaban J connectivity index is 2.57. The summed E-state index contributed by atoms with van der Waals surface area (Å²) in [7, 11) is 1.50. The first-order chi connectivity index (χ1) is 7.11. The van der Waals surface area contributed by atoms with Gasteiger partial charge in [-0.1, -0.05) is 6.58 Å². The maximum atomic E-state index is 11.4. The molecule has 0 spiro atoms. The fourth-order valence-electron chi connectivity index (χ4n) is 0.793. The first-order valence-electron chi connectivity index (χ1n) is 4.11. The van der Waals surface area contributed by atoms with Crippen LogP contribution in [-0.4, -0.2) is 39.7 Å². The molecule has 0 saturated carbocycles. The normalized spacial score (nSPS) is 9.40. The number of urea groups is 1. The highest BCUT2D eigenvalue weighted by Crippen LogP contribution is 2.00. The topological polar surface area (TPSA) is 91.2 Å². The van der Waals surface area contributed by atoms with E-state index in [9.17, 15) is 4.79 Å². The Kier molecular flexibility index (Phi) is 3.55. The second-order valence-corrected chi connectivity index (χ2v) is 2.72. The summed E-state index contributed by atoms with van der Waals surface area (Å²) in [6.07, 6.45) is 2.58. The molecule has 0 atom stereocenters. The zero-order valence-electron chi connectivity index (χ0n) is 8.21. The van der Waals surface area contributed by atoms with Gasteiger partial charge in [-0.15, -0.1) is 0 Å². The third-order valence-corrected chi connectivity index (χ3v) is 1.53. The Bertz CT molecular complexity index is 353. The summed E-state index contributed by atoms with van der Waals surface area (Å²) in [4.78, 5) is 23.8. The molecule has 0 aliphatic heterocycles. The van der Waals surface area contributed by atoms with Gasteiger partial charge in [-0.05, 0) is 0 Å². The highest BCUT2D eigenvalue weighted by atomic mass is 16.3. The van der Waals surface area contributed by atoms with Gasteiger partial charge in [0.1, 0.15) is 18.4 Å². The van der Waals surface area contributed by atoms with Crippen molar-refractivity contribution in [3.05, 3.63) is 25.0 Å². The molecular formula is C8H11N5O2. The molecule has 0 aromatic carbocycles. The summed E-state index contributed by atoms with van der Waals surface area (Å²) in [6, 6.07) is -0.434. The van der Waals surface area contributed by atoms with Crippen LogP contribution >= 0.6 is 0 Å². The molecule has 2 N–H and O–H groups in total. The van der Waals surface area contributed by atoms with Gasteiger partial charge in [0.2, 0.25) is 5.95 Å². The molecule has 7 heteroatoms. The Morgan fingerprint density at radius 3 is 2.73 bits per heavy atom. The van der Waals surface area contributed by atoms with E-state index in [-0.39, 0.29) is 18.3 Å². The van der Waals surface area contributed by atoms with Crippen molar-refractivity contribution in [3.8, 4) is 0 Å². The number of aliphatic hydroxyl groups is 1. The van der Waals surface area contributed by atoms with E-state index >= 15 is 0 Å². The van der Waals surface area contributed by atoms with Crippen molar-refractivity contribution < 1.29 is 9.90 Å². The molecule has 1 aromatic heterocycles. The second-order valence-electron chi connectivity index (χ2n) is 2.72. The molecule has 0 aliphatic rings. The van der Waals surface area contributed by atoms with E-state index in [1.165, 1.54) is 24.6 Å². The molecule has 2 amide bonds. The highest BCUT2D eigenvalue weighted by molar-refractivity contribution is 5.89. The molecule has 0 unspecified atom stereocenters. The van der Waals surface area contributed by atoms with Gasteiger partial charge < -0.3 is 10.4 Å². The molecular weight excluding hydrogens is 198 g/mol. The molecule has 0 fully saturated rings. The summed E-state index contributed by atoms with van der Waals surface area (Å²) in [5, 5.41) is 11.2. The number of hydrogen-bond donors (Lipinski definition) is 2. The van der Waals surface area contributed by atoms with Crippen molar-refractivity contribution in [2.45, 2.75) is 0 Å². The summed E-state index contributed by atoms with van der Waals surface area (Å²) in [6.45, 7) is 3.23. The van der Waals surface area contributed by atoms with Crippen molar-refractivity contribution in [3.63, 3.8) is 0 Å². The van der Waals surface area contributed by atoms with Crippen LogP contribution in [0.25, 0.3) is 0 Å². The Morgan fingerprint density at radius 2 is 2.20 bits per heavy atom. The third kappa shape index (κ3) is 3.22. The summed E-state index contributed by atoms with van der Waals surface area (Å²) >= 11 is 0. The molecule has 80 valence electrons. The largest absolute Gasteiger partial charge is 0.511 e. The minimum absolute atomic E-state index is 0.00570. The van der Waals surface area contributed by atoms with Crippen LogP contribution in [0.3, 0.4) is 0 Å². The second kappa shape index (κ2) is 4.89. The maximum Gasteiger partial charge on any atom is 0.324 e. The minimum atomic E-state index is -0.434. The van der Waals surface area contributed by atoms with Crippen LogP contribution in [0.15, 0.2) is 25.0 Å². The Labute approximate surface area is 86.5 Å². The lowest BCUT2D eigenvalue weighted by atomic mass is 10.5. The van der Waals surface area contributed by atoms with Gasteiger partial charge in [-0.25, -0.2) is 19.7 Å². The van der Waals surface area contributed by atoms with Gasteiger partial charge in [0.05, 0.1) is 6.54 Å². The van der Waals surface area contributed by atoms with Gasteiger partial charge in [0, 0.05) is 7.05 Å². The number of nitrogens with zero attached hydrogens (tertiary/aromatic N) is 4. The summed E-state index contributed by atoms with van der Waals surface area (Å²) in [5.74, 6) is 0.110. The summed E-state index contributed by atoms with van der Waals surface area (Å²) < 4.78 is 0. The molecule has 0 radical (unpaired) electrons. The van der Waals surface area contributed by atoms with Crippen LogP contribution in [0, 0.1) is 0 Å². The van der Waals surface area contributed by atoms with Crippen LogP contribution in [0.1, 0.15) is 0 Å². The van der Waals surface area contributed by atoms with E-state index in [1.807, 2.05) is 0 Å². The van der Waals surface area contributed by atoms with Crippen LogP contribution in [-0.2, 0) is 0 Å². The lowest BCUT2D eigenvalue weighted by molar-refractivity contribution is 0.246. The average molecular weight is 209 g/mol. The monoisotopic (exact) mass is 209 g/mol. The third-order valence-electron chi connectivity index (χ3n) is 1.53. The van der Waals surface area contributed by atoms with Gasteiger partial charge in [0.25, 0.3) is 0 Å². The molecule has 7 nitrogen and oxygen atoms in total. The standard InChI is InChI=1S/C8H11N5O2/c1-6(14)3-10-8(15)13(2)7-11-4-9-5-12-7/h4-5,14H,1,3H2,2H3,(H,10,15). The van der Waals surface area contributed by atoms with E-state index in [4.69, 9.17) is 5.11 Å². The van der Waals surface area contributed by atoms with Gasteiger partial charge >= 0.3 is 6.03 Å². The molecule has 15 heavy (non-hydrogen) atoms. The molecule has 1 heterocycles. The van der Waals surface area contributed by atoms with Crippen LogP contribution in [0.5, 0.6) is 0 Å². The molecule has 1 aromatic rings. The van der Waals surface area contributed by atoms with Crippen molar-refractivity contribution in [1.29, 1.82) is 0 Å². The lowest BCUT2D eigenvalue weighted by Crippen LogP contribution is -2.39. The number of amides is 2. The van der Waals surface area contributed by atoms with Crippen LogP contribution < -0.4 is 10.2 Å². The number of anilines is 1. The smallest absolute Gasteiger partial charge is 0.324 e. The number of carbonyl (C=O) groups is 1. The molecule has 1 rings (SSSR count). The first-order valence-corrected chi connectivity index (χ1v) is 4.11.